The van der Waals surface area contributed by atoms with Crippen LogP contribution in [0.1, 0.15) is 0 Å². The lowest BCUT2D eigenvalue weighted by molar-refractivity contribution is -0.121. The predicted molar refractivity (Wildman–Crippen MR) is 34.3 cm³/mol. The van der Waals surface area contributed by atoms with E-state index in [0.717, 1.165) is 0 Å². The van der Waals surface area contributed by atoms with Crippen LogP contribution < -0.4 is 0 Å². The molecule has 0 aliphatic rings. The molecule has 0 saturated carbocycles. The SMILES string of the molecule is C=C(Br)OC(=C)C(F)(F)F. The Morgan fingerprint density at radius 1 is 1.30 bits per heavy atom. The van der Waals surface area contributed by atoms with Crippen LogP contribution in [0.5, 0.6) is 0 Å². The van der Waals surface area contributed by atoms with Crippen LogP contribution in [0, 0.1) is 0 Å². The minimum atomic E-state index is -4.52. The molecule has 0 N–H and O–H groups in total. The molecule has 1 nitrogen and oxygen atoms in total. The van der Waals surface area contributed by atoms with E-state index < -0.39 is 11.9 Å². The van der Waals surface area contributed by atoms with Crippen molar-refractivity contribution < 1.29 is 17.9 Å². The fourth-order valence-corrected chi connectivity index (χ4v) is 0.387. The van der Waals surface area contributed by atoms with E-state index in [1.165, 1.54) is 0 Å². The monoisotopic (exact) mass is 216 g/mol. The number of alkyl halides is 3. The van der Waals surface area contributed by atoms with Gasteiger partial charge < -0.3 is 4.74 Å². The lowest BCUT2D eigenvalue weighted by atomic mass is 10.5. The lowest BCUT2D eigenvalue weighted by Gasteiger charge is -2.09. The molecule has 0 atom stereocenters. The molecule has 0 fully saturated rings. The standard InChI is InChI=1S/C5H4BrF3O/c1-3(5(7,8)9)10-4(2)6/h1-2H2. The van der Waals surface area contributed by atoms with E-state index in [0.29, 0.717) is 0 Å². The summed E-state index contributed by atoms with van der Waals surface area (Å²) in [4.78, 5) is 0. The maximum atomic E-state index is 11.5. The Kier molecular flexibility index (Phi) is 2.96. The van der Waals surface area contributed by atoms with Gasteiger partial charge in [-0.15, -0.1) is 0 Å². The average molecular weight is 217 g/mol. The van der Waals surface area contributed by atoms with Crippen LogP contribution in [0.25, 0.3) is 0 Å². The largest absolute Gasteiger partial charge is 0.448 e. The second-order valence-corrected chi connectivity index (χ2v) is 2.26. The fourth-order valence-electron chi connectivity index (χ4n) is 0.192. The maximum absolute atomic E-state index is 11.5. The first-order chi connectivity index (χ1) is 4.34. The number of hydrogen-bond donors (Lipinski definition) is 0. The second kappa shape index (κ2) is 3.09. The summed E-state index contributed by atoms with van der Waals surface area (Å²) in [6.45, 7) is 5.67. The van der Waals surface area contributed by atoms with Crippen molar-refractivity contribution in [2.24, 2.45) is 0 Å². The average Bonchev–Trinajstić information content (AvgIpc) is 1.60. The summed E-state index contributed by atoms with van der Waals surface area (Å²) in [5.74, 6) is -1.28. The topological polar surface area (TPSA) is 9.23 Å². The molecular formula is C5H4BrF3O. The molecule has 0 saturated heterocycles. The Morgan fingerprint density at radius 2 is 1.70 bits per heavy atom. The van der Waals surface area contributed by atoms with E-state index >= 15 is 0 Å². The molecule has 0 aliphatic heterocycles. The van der Waals surface area contributed by atoms with Gasteiger partial charge in [-0.05, 0) is 22.5 Å². The van der Waals surface area contributed by atoms with Gasteiger partial charge in [-0.3, -0.25) is 0 Å². The quantitative estimate of drug-likeness (QED) is 0.646. The van der Waals surface area contributed by atoms with E-state index in [4.69, 9.17) is 0 Å². The molecule has 0 aromatic rings. The van der Waals surface area contributed by atoms with Gasteiger partial charge >= 0.3 is 6.18 Å². The van der Waals surface area contributed by atoms with Gasteiger partial charge in [0.1, 0.15) is 0 Å². The van der Waals surface area contributed by atoms with Crippen LogP contribution >= 0.6 is 15.9 Å². The number of hydrogen-bond acceptors (Lipinski definition) is 1. The molecule has 58 valence electrons. The lowest BCUT2D eigenvalue weighted by Crippen LogP contribution is -2.12. The van der Waals surface area contributed by atoms with Crippen LogP contribution in [0.4, 0.5) is 13.2 Å². The molecule has 0 aliphatic carbocycles. The van der Waals surface area contributed by atoms with E-state index in [9.17, 15) is 13.2 Å². The fraction of sp³-hybridized carbons (Fsp3) is 0.200. The normalized spacial score (nSPS) is 10.8. The van der Waals surface area contributed by atoms with Gasteiger partial charge in [0.05, 0.1) is 0 Å². The van der Waals surface area contributed by atoms with Gasteiger partial charge in [0.2, 0.25) is 5.76 Å². The third kappa shape index (κ3) is 3.55. The van der Waals surface area contributed by atoms with Crippen molar-refractivity contribution in [1.29, 1.82) is 0 Å². The number of rotatable bonds is 2. The molecule has 10 heavy (non-hydrogen) atoms. The molecule has 5 heteroatoms. The summed E-state index contributed by atoms with van der Waals surface area (Å²) in [6.07, 6.45) is -4.52. The molecule has 0 amide bonds. The molecule has 0 aromatic carbocycles. The van der Waals surface area contributed by atoms with Gasteiger partial charge in [0, 0.05) is 0 Å². The molecule has 0 radical (unpaired) electrons. The van der Waals surface area contributed by atoms with Crippen molar-refractivity contribution in [3.05, 3.63) is 23.6 Å². The van der Waals surface area contributed by atoms with Crippen molar-refractivity contribution in [2.75, 3.05) is 0 Å². The number of ether oxygens (including phenoxy) is 1. The van der Waals surface area contributed by atoms with E-state index in [-0.39, 0.29) is 4.67 Å². The Balaban J connectivity index is 3.99. The van der Waals surface area contributed by atoms with Gasteiger partial charge in [-0.1, -0.05) is 6.58 Å². The molecule has 0 aromatic heterocycles. The summed E-state index contributed by atoms with van der Waals surface area (Å²) < 4.78 is 38.4. The predicted octanol–water partition coefficient (Wildman–Crippen LogP) is 2.95. The molecule has 0 bridgehead atoms. The summed E-state index contributed by atoms with van der Waals surface area (Å²) in [7, 11) is 0. The highest BCUT2D eigenvalue weighted by Gasteiger charge is 2.34. The smallest absolute Gasteiger partial charge is 0.446 e. The van der Waals surface area contributed by atoms with Crippen LogP contribution in [0.15, 0.2) is 23.6 Å². The maximum Gasteiger partial charge on any atom is 0.448 e. The minimum absolute atomic E-state index is 0.213. The van der Waals surface area contributed by atoms with Gasteiger partial charge in [0.15, 0.2) is 4.67 Å². The molecule has 0 unspecified atom stereocenters. The summed E-state index contributed by atoms with van der Waals surface area (Å²) in [5.41, 5.74) is 0. The molecule has 0 spiro atoms. The first-order valence-electron chi connectivity index (χ1n) is 2.12. The van der Waals surface area contributed by atoms with Crippen molar-refractivity contribution >= 4 is 15.9 Å². The van der Waals surface area contributed by atoms with Crippen LogP contribution in [-0.2, 0) is 4.74 Å². The van der Waals surface area contributed by atoms with E-state index in [1.54, 1.807) is 0 Å². The second-order valence-electron chi connectivity index (χ2n) is 1.38. The Labute approximate surface area is 64.3 Å². The zero-order chi connectivity index (χ0) is 8.36. The summed E-state index contributed by atoms with van der Waals surface area (Å²) in [5, 5.41) is 0. The summed E-state index contributed by atoms with van der Waals surface area (Å²) in [6, 6.07) is 0. The van der Waals surface area contributed by atoms with Crippen molar-refractivity contribution in [3.8, 4) is 0 Å². The number of halogens is 4. The van der Waals surface area contributed by atoms with Crippen molar-refractivity contribution in [3.63, 3.8) is 0 Å². The highest BCUT2D eigenvalue weighted by molar-refractivity contribution is 9.11. The molecular weight excluding hydrogens is 213 g/mol. The Morgan fingerprint density at radius 3 is 1.80 bits per heavy atom. The van der Waals surface area contributed by atoms with Crippen LogP contribution in [0.3, 0.4) is 0 Å². The van der Waals surface area contributed by atoms with Crippen molar-refractivity contribution in [2.45, 2.75) is 6.18 Å². The Bertz CT molecular complexity index is 161. The van der Waals surface area contributed by atoms with Gasteiger partial charge in [-0.25, -0.2) is 0 Å². The third-order valence-corrected chi connectivity index (χ3v) is 0.712. The van der Waals surface area contributed by atoms with Gasteiger partial charge in [-0.2, -0.15) is 13.2 Å². The first kappa shape index (κ1) is 9.55. The van der Waals surface area contributed by atoms with E-state index in [2.05, 4.69) is 33.8 Å². The zero-order valence-electron chi connectivity index (χ0n) is 4.83. The molecule has 0 heterocycles. The summed E-state index contributed by atoms with van der Waals surface area (Å²) >= 11 is 2.59. The highest BCUT2D eigenvalue weighted by atomic mass is 79.9. The third-order valence-electron chi connectivity index (χ3n) is 0.550. The zero-order valence-corrected chi connectivity index (χ0v) is 6.42. The molecule has 0 rings (SSSR count). The number of allylic oxidation sites excluding steroid dienone is 1. The Hall–Kier alpha value is -0.450. The van der Waals surface area contributed by atoms with Gasteiger partial charge in [0.25, 0.3) is 0 Å². The van der Waals surface area contributed by atoms with Crippen LogP contribution in [0.2, 0.25) is 0 Å². The highest BCUT2D eigenvalue weighted by Crippen LogP contribution is 2.27. The van der Waals surface area contributed by atoms with Crippen molar-refractivity contribution in [1.82, 2.24) is 0 Å². The first-order valence-corrected chi connectivity index (χ1v) is 2.91. The van der Waals surface area contributed by atoms with E-state index in [1.807, 2.05) is 0 Å². The van der Waals surface area contributed by atoms with Crippen LogP contribution in [-0.4, -0.2) is 6.18 Å². The minimum Gasteiger partial charge on any atom is -0.446 e.